The van der Waals surface area contributed by atoms with E-state index in [1.54, 1.807) is 6.07 Å². The number of rotatable bonds is 2. The second-order valence-corrected chi connectivity index (χ2v) is 5.06. The molecule has 0 saturated heterocycles. The van der Waals surface area contributed by atoms with E-state index in [0.29, 0.717) is 5.69 Å². The van der Waals surface area contributed by atoms with Crippen LogP contribution in [0, 0.1) is 18.6 Å². The van der Waals surface area contributed by atoms with Crippen molar-refractivity contribution in [1.29, 1.82) is 0 Å². The fourth-order valence-corrected chi connectivity index (χ4v) is 2.39. The summed E-state index contributed by atoms with van der Waals surface area (Å²) >= 11 is 0. The Morgan fingerprint density at radius 3 is 2.36 bits per heavy atom. The lowest BCUT2D eigenvalue weighted by molar-refractivity contribution is 0.102. The maximum Gasteiger partial charge on any atom is 0.255 e. The fraction of sp³-hybridized carbons (Fsp3) is 0.0556. The van der Waals surface area contributed by atoms with Gasteiger partial charge >= 0.3 is 0 Å². The van der Waals surface area contributed by atoms with Gasteiger partial charge in [0.05, 0.1) is 0 Å². The van der Waals surface area contributed by atoms with Crippen LogP contribution in [0.1, 0.15) is 15.9 Å². The van der Waals surface area contributed by atoms with Crippen molar-refractivity contribution in [3.8, 4) is 0 Å². The van der Waals surface area contributed by atoms with E-state index >= 15 is 0 Å². The van der Waals surface area contributed by atoms with Gasteiger partial charge in [0, 0.05) is 16.6 Å². The molecule has 0 unspecified atom stereocenters. The van der Waals surface area contributed by atoms with E-state index < -0.39 is 17.5 Å². The number of anilines is 1. The molecular weight excluding hydrogens is 284 g/mol. The molecule has 110 valence electrons. The minimum absolute atomic E-state index is 0.0727. The highest BCUT2D eigenvalue weighted by Gasteiger charge is 2.11. The molecule has 2 nitrogen and oxygen atoms in total. The van der Waals surface area contributed by atoms with Crippen LogP contribution in [0.4, 0.5) is 14.5 Å². The number of hydrogen-bond acceptors (Lipinski definition) is 1. The molecule has 0 spiro atoms. The summed E-state index contributed by atoms with van der Waals surface area (Å²) in [6.07, 6.45) is 0. The van der Waals surface area contributed by atoms with Crippen LogP contribution in [0.2, 0.25) is 0 Å². The van der Waals surface area contributed by atoms with Crippen molar-refractivity contribution in [3.63, 3.8) is 0 Å². The van der Waals surface area contributed by atoms with Gasteiger partial charge in [-0.3, -0.25) is 4.79 Å². The Labute approximate surface area is 126 Å². The second kappa shape index (κ2) is 5.56. The summed E-state index contributed by atoms with van der Waals surface area (Å²) in [5.74, 6) is -2.49. The Bertz CT molecular complexity index is 874. The molecular formula is C18H13F2NO. The van der Waals surface area contributed by atoms with Gasteiger partial charge in [-0.2, -0.15) is 0 Å². The summed E-state index contributed by atoms with van der Waals surface area (Å²) in [6.45, 7) is 1.99. The first-order valence-corrected chi connectivity index (χ1v) is 6.81. The number of amides is 1. The molecule has 22 heavy (non-hydrogen) atoms. The second-order valence-electron chi connectivity index (χ2n) is 5.06. The van der Waals surface area contributed by atoms with Crippen molar-refractivity contribution in [3.05, 3.63) is 77.4 Å². The monoisotopic (exact) mass is 297 g/mol. The highest BCUT2D eigenvalue weighted by molar-refractivity contribution is 6.09. The molecule has 0 aliphatic heterocycles. The topological polar surface area (TPSA) is 29.1 Å². The van der Waals surface area contributed by atoms with Gasteiger partial charge in [0.25, 0.3) is 5.91 Å². The van der Waals surface area contributed by atoms with E-state index in [1.807, 2.05) is 37.3 Å². The van der Waals surface area contributed by atoms with Gasteiger partial charge in [0.2, 0.25) is 0 Å². The number of nitrogens with one attached hydrogen (secondary N) is 1. The summed E-state index contributed by atoms with van der Waals surface area (Å²) in [7, 11) is 0. The first kappa shape index (κ1) is 14.2. The van der Waals surface area contributed by atoms with E-state index in [0.717, 1.165) is 28.5 Å². The molecule has 0 radical (unpaired) electrons. The van der Waals surface area contributed by atoms with E-state index in [4.69, 9.17) is 0 Å². The Hall–Kier alpha value is -2.75. The van der Waals surface area contributed by atoms with Crippen molar-refractivity contribution in [2.45, 2.75) is 6.92 Å². The summed E-state index contributed by atoms with van der Waals surface area (Å²) in [4.78, 5) is 12.2. The highest BCUT2D eigenvalue weighted by Crippen LogP contribution is 2.26. The summed E-state index contributed by atoms with van der Waals surface area (Å²) in [5.41, 5.74) is 1.81. The molecule has 3 rings (SSSR count). The Kier molecular flexibility index (Phi) is 3.59. The number of fused-ring (bicyclic) bond motifs is 1. The molecule has 0 aliphatic rings. The quantitative estimate of drug-likeness (QED) is 0.731. The SMILES string of the molecule is Cc1ccc(NC(=O)c2ccc(F)c(F)c2)c2ccccc12. The molecule has 3 aromatic rings. The van der Waals surface area contributed by atoms with Gasteiger partial charge in [-0.15, -0.1) is 0 Å². The molecule has 1 amide bonds. The predicted molar refractivity (Wildman–Crippen MR) is 83.0 cm³/mol. The van der Waals surface area contributed by atoms with Gasteiger partial charge in [-0.05, 0) is 42.1 Å². The fourth-order valence-electron chi connectivity index (χ4n) is 2.39. The predicted octanol–water partition coefficient (Wildman–Crippen LogP) is 4.68. The number of carbonyl (C=O) groups is 1. The van der Waals surface area contributed by atoms with E-state index in [2.05, 4.69) is 5.32 Å². The Morgan fingerprint density at radius 1 is 0.909 bits per heavy atom. The smallest absolute Gasteiger partial charge is 0.255 e. The molecule has 4 heteroatoms. The van der Waals surface area contributed by atoms with Crippen molar-refractivity contribution in [2.24, 2.45) is 0 Å². The molecule has 0 bridgehead atoms. The van der Waals surface area contributed by atoms with Crippen LogP contribution in [0.3, 0.4) is 0 Å². The molecule has 0 aromatic heterocycles. The lowest BCUT2D eigenvalue weighted by Gasteiger charge is -2.10. The number of aryl methyl sites for hydroxylation is 1. The van der Waals surface area contributed by atoms with Gasteiger partial charge in [-0.25, -0.2) is 8.78 Å². The number of carbonyl (C=O) groups excluding carboxylic acids is 1. The van der Waals surface area contributed by atoms with Crippen molar-refractivity contribution >= 4 is 22.4 Å². The van der Waals surface area contributed by atoms with E-state index in [1.165, 1.54) is 6.07 Å². The minimum Gasteiger partial charge on any atom is -0.321 e. The molecule has 0 atom stereocenters. The Balaban J connectivity index is 1.98. The van der Waals surface area contributed by atoms with Crippen LogP contribution >= 0.6 is 0 Å². The third kappa shape index (κ3) is 2.55. The normalized spacial score (nSPS) is 10.7. The van der Waals surface area contributed by atoms with Gasteiger partial charge in [-0.1, -0.05) is 30.3 Å². The van der Waals surface area contributed by atoms with Gasteiger partial charge in [0.1, 0.15) is 0 Å². The molecule has 0 saturated carbocycles. The van der Waals surface area contributed by atoms with Crippen LogP contribution in [-0.4, -0.2) is 5.91 Å². The maximum absolute atomic E-state index is 13.2. The van der Waals surface area contributed by atoms with Crippen LogP contribution in [-0.2, 0) is 0 Å². The third-order valence-electron chi connectivity index (χ3n) is 3.57. The zero-order chi connectivity index (χ0) is 15.7. The van der Waals surface area contributed by atoms with E-state index in [9.17, 15) is 13.6 Å². The van der Waals surface area contributed by atoms with Crippen molar-refractivity contribution < 1.29 is 13.6 Å². The number of benzene rings is 3. The van der Waals surface area contributed by atoms with Crippen molar-refractivity contribution in [2.75, 3.05) is 5.32 Å². The van der Waals surface area contributed by atoms with Crippen molar-refractivity contribution in [1.82, 2.24) is 0 Å². The largest absolute Gasteiger partial charge is 0.321 e. The average molecular weight is 297 g/mol. The van der Waals surface area contributed by atoms with Crippen LogP contribution in [0.25, 0.3) is 10.8 Å². The molecule has 1 N–H and O–H groups in total. The van der Waals surface area contributed by atoms with Crippen LogP contribution < -0.4 is 5.32 Å². The lowest BCUT2D eigenvalue weighted by Crippen LogP contribution is -2.12. The zero-order valence-electron chi connectivity index (χ0n) is 11.9. The Morgan fingerprint density at radius 2 is 1.64 bits per heavy atom. The molecule has 0 fully saturated rings. The number of halogens is 2. The summed E-state index contributed by atoms with van der Waals surface area (Å²) < 4.78 is 26.2. The standard InChI is InChI=1S/C18H13F2NO/c1-11-6-9-17(14-5-3-2-4-13(11)14)21-18(22)12-7-8-15(19)16(20)10-12/h2-10H,1H3,(H,21,22). The lowest BCUT2D eigenvalue weighted by atomic mass is 10.0. The maximum atomic E-state index is 13.2. The zero-order valence-corrected chi connectivity index (χ0v) is 11.9. The molecule has 0 heterocycles. The summed E-state index contributed by atoms with van der Waals surface area (Å²) in [6, 6.07) is 14.5. The van der Waals surface area contributed by atoms with Gasteiger partial charge < -0.3 is 5.32 Å². The molecule has 0 aliphatic carbocycles. The van der Waals surface area contributed by atoms with E-state index in [-0.39, 0.29) is 5.56 Å². The third-order valence-corrected chi connectivity index (χ3v) is 3.57. The van der Waals surface area contributed by atoms with Gasteiger partial charge in [0.15, 0.2) is 11.6 Å². The average Bonchev–Trinajstić information content (AvgIpc) is 2.53. The van der Waals surface area contributed by atoms with Crippen LogP contribution in [0.15, 0.2) is 54.6 Å². The number of hydrogen-bond donors (Lipinski definition) is 1. The minimum atomic E-state index is -1.04. The molecule has 3 aromatic carbocycles. The van der Waals surface area contributed by atoms with Crippen LogP contribution in [0.5, 0.6) is 0 Å². The summed E-state index contributed by atoms with van der Waals surface area (Å²) in [5, 5.41) is 4.68. The first-order valence-electron chi connectivity index (χ1n) is 6.81. The highest BCUT2D eigenvalue weighted by atomic mass is 19.2. The first-order chi connectivity index (χ1) is 10.6.